The molecule has 1 aliphatic heterocycles. The predicted molar refractivity (Wildman–Crippen MR) is 109 cm³/mol. The fourth-order valence-corrected chi connectivity index (χ4v) is 3.71. The lowest BCUT2D eigenvalue weighted by Gasteiger charge is -2.22. The lowest BCUT2D eigenvalue weighted by atomic mass is 9.88. The first-order chi connectivity index (χ1) is 13.7. The van der Waals surface area contributed by atoms with Gasteiger partial charge in [-0.15, -0.1) is 6.58 Å². The number of fused-ring (bicyclic) bond motifs is 1. The number of nitro groups is 1. The first kappa shape index (κ1) is 20.7. The number of Topliss-reactive ketones (excluding diaryl/α,β-unsaturated/α-hetero) is 1. The third-order valence-electron chi connectivity index (χ3n) is 4.72. The van der Waals surface area contributed by atoms with Gasteiger partial charge in [0.15, 0.2) is 17.1 Å². The Balaban J connectivity index is 2.01. The van der Waals surface area contributed by atoms with E-state index in [2.05, 4.69) is 22.5 Å². The molecule has 0 saturated carbocycles. The molecule has 1 N–H and O–H groups in total. The summed E-state index contributed by atoms with van der Waals surface area (Å²) in [7, 11) is 1.28. The number of rotatable bonds is 7. The van der Waals surface area contributed by atoms with Gasteiger partial charge in [0, 0.05) is 28.2 Å². The Bertz CT molecular complexity index is 1040. The summed E-state index contributed by atoms with van der Waals surface area (Å²) in [4.78, 5) is 37.7. The number of hydrogen-bond acceptors (Lipinski definition) is 6. The van der Waals surface area contributed by atoms with E-state index in [0.29, 0.717) is 10.2 Å². The molecule has 1 aliphatic rings. The number of benzene rings is 2. The molecule has 2 aromatic rings. The van der Waals surface area contributed by atoms with Crippen LogP contribution in [0, 0.1) is 10.1 Å². The minimum Gasteiger partial charge on any atom is -0.490 e. The Hall–Kier alpha value is -3.04. The van der Waals surface area contributed by atoms with Crippen LogP contribution in [0.1, 0.15) is 22.3 Å². The minimum absolute atomic E-state index is 0.00237. The summed E-state index contributed by atoms with van der Waals surface area (Å²) < 4.78 is 5.57. The second-order valence-corrected chi connectivity index (χ2v) is 7.39. The van der Waals surface area contributed by atoms with Crippen LogP contribution >= 0.6 is 15.9 Å². The number of carbonyl (C=O) groups excluding carboxylic acids is 2. The highest BCUT2D eigenvalue weighted by molar-refractivity contribution is 9.10. The molecule has 150 valence electrons. The quantitative estimate of drug-likeness (QED) is 0.293. The molecule has 0 bridgehead atoms. The van der Waals surface area contributed by atoms with Gasteiger partial charge in [-0.1, -0.05) is 22.0 Å². The summed E-state index contributed by atoms with van der Waals surface area (Å²) in [5.74, 6) is -1.26. The van der Waals surface area contributed by atoms with E-state index in [-0.39, 0.29) is 29.1 Å². The Morgan fingerprint density at radius 1 is 1.38 bits per heavy atom. The van der Waals surface area contributed by atoms with Crippen molar-refractivity contribution in [2.24, 2.45) is 0 Å². The highest BCUT2D eigenvalue weighted by Crippen LogP contribution is 2.44. The first-order valence-electron chi connectivity index (χ1n) is 8.54. The van der Waals surface area contributed by atoms with Gasteiger partial charge in [-0.05, 0) is 30.3 Å². The average Bonchev–Trinajstić information content (AvgIpc) is 2.89. The van der Waals surface area contributed by atoms with E-state index >= 15 is 0 Å². The Labute approximate surface area is 174 Å². The van der Waals surface area contributed by atoms with Crippen molar-refractivity contribution < 1.29 is 24.4 Å². The number of halogens is 1. The second-order valence-electron chi connectivity index (χ2n) is 6.47. The van der Waals surface area contributed by atoms with Crippen molar-refractivity contribution in [2.75, 3.05) is 18.6 Å². The maximum Gasteiger partial charge on any atom is 0.311 e. The SMILES string of the molecule is C=CCN1C(=O)[C@](O)(CC(=O)c2ccc(OC)c([N+](=O)[O-])c2)c2cc(Br)ccc21. The van der Waals surface area contributed by atoms with Crippen molar-refractivity contribution in [2.45, 2.75) is 12.0 Å². The maximum atomic E-state index is 13.0. The van der Waals surface area contributed by atoms with E-state index in [4.69, 9.17) is 4.74 Å². The largest absolute Gasteiger partial charge is 0.490 e. The molecule has 3 rings (SSSR count). The van der Waals surface area contributed by atoms with E-state index in [1.807, 2.05) is 0 Å². The summed E-state index contributed by atoms with van der Waals surface area (Å²) in [6.45, 7) is 3.79. The zero-order chi connectivity index (χ0) is 21.3. The van der Waals surface area contributed by atoms with Gasteiger partial charge >= 0.3 is 5.69 Å². The number of nitrogens with zero attached hydrogens (tertiary/aromatic N) is 2. The molecule has 29 heavy (non-hydrogen) atoms. The number of ketones is 1. The Morgan fingerprint density at radius 3 is 2.72 bits per heavy atom. The van der Waals surface area contributed by atoms with E-state index in [9.17, 15) is 24.8 Å². The zero-order valence-corrected chi connectivity index (χ0v) is 17.0. The standard InChI is InChI=1S/C20H17BrN2O6/c1-3-8-22-15-6-5-13(21)10-14(15)20(26,19(22)25)11-17(24)12-4-7-18(29-2)16(9-12)23(27)28/h3-7,9-10,26H,1,8,11H2,2H3/t20-/m0/s1. The van der Waals surface area contributed by atoms with Gasteiger partial charge < -0.3 is 14.7 Å². The molecule has 0 aromatic heterocycles. The van der Waals surface area contributed by atoms with E-state index in [1.165, 1.54) is 30.2 Å². The molecule has 0 saturated heterocycles. The monoisotopic (exact) mass is 460 g/mol. The highest BCUT2D eigenvalue weighted by Gasteiger charge is 2.50. The van der Waals surface area contributed by atoms with Crippen molar-refractivity contribution in [3.8, 4) is 5.75 Å². The number of hydrogen-bond donors (Lipinski definition) is 1. The van der Waals surface area contributed by atoms with Crippen LogP contribution < -0.4 is 9.64 Å². The van der Waals surface area contributed by atoms with Crippen LogP contribution in [-0.2, 0) is 10.4 Å². The highest BCUT2D eigenvalue weighted by atomic mass is 79.9. The lowest BCUT2D eigenvalue weighted by Crippen LogP contribution is -2.41. The number of carbonyl (C=O) groups is 2. The number of nitro benzene ring substituents is 1. The van der Waals surface area contributed by atoms with Gasteiger partial charge in [0.05, 0.1) is 24.1 Å². The van der Waals surface area contributed by atoms with Crippen LogP contribution in [0.4, 0.5) is 11.4 Å². The second kappa shape index (κ2) is 7.76. The first-order valence-corrected chi connectivity index (χ1v) is 9.33. The van der Waals surface area contributed by atoms with Gasteiger partial charge in [0.1, 0.15) is 0 Å². The van der Waals surface area contributed by atoms with Crippen LogP contribution in [0.3, 0.4) is 0 Å². The smallest absolute Gasteiger partial charge is 0.311 e. The van der Waals surface area contributed by atoms with Gasteiger partial charge in [-0.2, -0.15) is 0 Å². The van der Waals surface area contributed by atoms with Crippen LogP contribution in [0.25, 0.3) is 0 Å². The molecule has 1 heterocycles. The molecular weight excluding hydrogens is 444 g/mol. The van der Waals surface area contributed by atoms with Gasteiger partial charge in [-0.3, -0.25) is 19.7 Å². The Kier molecular flexibility index (Phi) is 5.54. The topological polar surface area (TPSA) is 110 Å². The fraction of sp³-hybridized carbons (Fsp3) is 0.200. The van der Waals surface area contributed by atoms with E-state index < -0.39 is 28.6 Å². The molecule has 1 atom stereocenters. The van der Waals surface area contributed by atoms with E-state index in [1.54, 1.807) is 18.2 Å². The molecule has 1 amide bonds. The summed E-state index contributed by atoms with van der Waals surface area (Å²) in [5.41, 5.74) is -1.70. The third kappa shape index (κ3) is 3.54. The number of methoxy groups -OCH3 is 1. The van der Waals surface area contributed by atoms with Crippen LogP contribution in [0.5, 0.6) is 5.75 Å². The number of aliphatic hydroxyl groups is 1. The van der Waals surface area contributed by atoms with Crippen molar-refractivity contribution in [1.82, 2.24) is 0 Å². The summed E-state index contributed by atoms with van der Waals surface area (Å²) >= 11 is 3.31. The van der Waals surface area contributed by atoms with Crippen molar-refractivity contribution in [3.05, 3.63) is 74.8 Å². The minimum atomic E-state index is -2.09. The molecule has 9 heteroatoms. The lowest BCUT2D eigenvalue weighted by molar-refractivity contribution is -0.385. The fourth-order valence-electron chi connectivity index (χ4n) is 3.34. The summed E-state index contributed by atoms with van der Waals surface area (Å²) in [6, 6.07) is 8.72. The predicted octanol–water partition coefficient (Wildman–Crippen LogP) is 3.36. The van der Waals surface area contributed by atoms with Crippen LogP contribution in [0.15, 0.2) is 53.5 Å². The molecule has 2 aromatic carbocycles. The summed E-state index contributed by atoms with van der Waals surface area (Å²) in [5, 5.41) is 22.4. The maximum absolute atomic E-state index is 13.0. The van der Waals surface area contributed by atoms with E-state index in [0.717, 1.165) is 6.07 Å². The van der Waals surface area contributed by atoms with Gasteiger partial charge in [-0.25, -0.2) is 0 Å². The molecular formula is C20H17BrN2O6. The van der Waals surface area contributed by atoms with Gasteiger partial charge in [0.2, 0.25) is 0 Å². The molecule has 0 radical (unpaired) electrons. The van der Waals surface area contributed by atoms with Crippen LogP contribution in [-0.4, -0.2) is 35.4 Å². The summed E-state index contributed by atoms with van der Waals surface area (Å²) in [6.07, 6.45) is 0.955. The van der Waals surface area contributed by atoms with Gasteiger partial charge in [0.25, 0.3) is 5.91 Å². The van der Waals surface area contributed by atoms with Crippen LogP contribution in [0.2, 0.25) is 0 Å². The molecule has 0 spiro atoms. The van der Waals surface area contributed by atoms with Crippen molar-refractivity contribution >= 4 is 39.0 Å². The average molecular weight is 461 g/mol. The third-order valence-corrected chi connectivity index (χ3v) is 5.21. The number of ether oxygens (including phenoxy) is 1. The van der Waals surface area contributed by atoms with Crippen molar-refractivity contribution in [1.29, 1.82) is 0 Å². The number of anilines is 1. The molecule has 0 aliphatic carbocycles. The molecule has 0 fully saturated rings. The van der Waals surface area contributed by atoms with Crippen molar-refractivity contribution in [3.63, 3.8) is 0 Å². The molecule has 8 nitrogen and oxygen atoms in total. The zero-order valence-electron chi connectivity index (χ0n) is 15.4. The number of amides is 1. The normalized spacial score (nSPS) is 17.8. The molecule has 0 unspecified atom stereocenters. The Morgan fingerprint density at radius 2 is 2.10 bits per heavy atom.